The zero-order valence-corrected chi connectivity index (χ0v) is 17.9. The summed E-state index contributed by atoms with van der Waals surface area (Å²) in [6.07, 6.45) is 3.58. The highest BCUT2D eigenvalue weighted by Gasteiger charge is 2.34. The zero-order valence-electron chi connectivity index (χ0n) is 17.1. The molecule has 1 aromatic heterocycles. The molecule has 31 heavy (non-hydrogen) atoms. The maximum atomic E-state index is 14.5. The van der Waals surface area contributed by atoms with Gasteiger partial charge in [0.1, 0.15) is 5.82 Å². The van der Waals surface area contributed by atoms with E-state index in [1.807, 2.05) is 30.3 Å². The van der Waals surface area contributed by atoms with Crippen LogP contribution in [0.4, 0.5) is 4.39 Å². The summed E-state index contributed by atoms with van der Waals surface area (Å²) in [5.74, 6) is 0.288. The van der Waals surface area contributed by atoms with Crippen LogP contribution in [0.5, 0.6) is 0 Å². The van der Waals surface area contributed by atoms with Gasteiger partial charge in [0.15, 0.2) is 11.0 Å². The van der Waals surface area contributed by atoms with Gasteiger partial charge in [0.05, 0.1) is 11.3 Å². The Kier molecular flexibility index (Phi) is 5.74. The van der Waals surface area contributed by atoms with Crippen LogP contribution in [0.15, 0.2) is 59.8 Å². The monoisotopic (exact) mass is 437 g/mol. The quantitative estimate of drug-likeness (QED) is 0.573. The molecule has 2 heterocycles. The van der Waals surface area contributed by atoms with Crippen molar-refractivity contribution in [3.8, 4) is 17.1 Å². The molecule has 1 aliphatic heterocycles. The molecule has 0 bridgehead atoms. The predicted molar refractivity (Wildman–Crippen MR) is 119 cm³/mol. The first kappa shape index (κ1) is 20.2. The van der Waals surface area contributed by atoms with Crippen molar-refractivity contribution < 1.29 is 9.18 Å². The summed E-state index contributed by atoms with van der Waals surface area (Å²) >= 11 is 1.32. The Morgan fingerprint density at radius 1 is 1.06 bits per heavy atom. The average molecular weight is 438 g/mol. The van der Waals surface area contributed by atoms with Crippen molar-refractivity contribution >= 4 is 17.7 Å². The molecule has 3 aromatic rings. The van der Waals surface area contributed by atoms with Gasteiger partial charge in [-0.15, -0.1) is 10.2 Å². The van der Waals surface area contributed by atoms with Crippen LogP contribution < -0.4 is 5.32 Å². The molecule has 8 heteroatoms. The molecular weight excluding hydrogens is 413 g/mol. The molecule has 1 unspecified atom stereocenters. The van der Waals surface area contributed by atoms with Gasteiger partial charge in [0.25, 0.3) is 0 Å². The smallest absolute Gasteiger partial charge is 0.230 e. The molecular formula is C23H24FN5OS. The van der Waals surface area contributed by atoms with Crippen LogP contribution in [0.3, 0.4) is 0 Å². The van der Waals surface area contributed by atoms with Crippen molar-refractivity contribution in [2.24, 2.45) is 0 Å². The Bertz CT molecular complexity index is 1070. The molecule has 1 aliphatic carbocycles. The molecule has 1 saturated heterocycles. The van der Waals surface area contributed by atoms with Gasteiger partial charge >= 0.3 is 0 Å². The van der Waals surface area contributed by atoms with Crippen molar-refractivity contribution in [1.82, 2.24) is 25.0 Å². The number of likely N-dealkylation sites (tertiary alicyclic amines) is 1. The minimum Gasteiger partial charge on any atom is -0.351 e. The fraction of sp³-hybridized carbons (Fsp3) is 0.348. The van der Waals surface area contributed by atoms with Gasteiger partial charge in [-0.3, -0.25) is 14.3 Å². The molecule has 2 aromatic carbocycles. The second kappa shape index (κ2) is 8.80. The highest BCUT2D eigenvalue weighted by Crippen LogP contribution is 2.31. The Morgan fingerprint density at radius 2 is 1.84 bits per heavy atom. The van der Waals surface area contributed by atoms with Gasteiger partial charge in [0.2, 0.25) is 5.91 Å². The normalized spacial score (nSPS) is 18.9. The Morgan fingerprint density at radius 3 is 2.61 bits per heavy atom. The van der Waals surface area contributed by atoms with E-state index >= 15 is 0 Å². The van der Waals surface area contributed by atoms with E-state index in [2.05, 4.69) is 20.4 Å². The van der Waals surface area contributed by atoms with Crippen molar-refractivity contribution in [2.75, 3.05) is 18.8 Å². The molecule has 6 nitrogen and oxygen atoms in total. The van der Waals surface area contributed by atoms with E-state index in [1.165, 1.54) is 30.7 Å². The lowest BCUT2D eigenvalue weighted by atomic mass is 10.2. The van der Waals surface area contributed by atoms with Crippen LogP contribution in [0, 0.1) is 5.82 Å². The van der Waals surface area contributed by atoms with E-state index in [4.69, 9.17) is 0 Å². The average Bonchev–Trinajstić information content (AvgIpc) is 3.39. The van der Waals surface area contributed by atoms with Gasteiger partial charge in [-0.05, 0) is 43.5 Å². The van der Waals surface area contributed by atoms with Gasteiger partial charge in [-0.2, -0.15) is 0 Å². The van der Waals surface area contributed by atoms with E-state index in [-0.39, 0.29) is 23.5 Å². The minimum atomic E-state index is -0.358. The second-order valence-electron chi connectivity index (χ2n) is 8.02. The molecule has 1 saturated carbocycles. The number of nitrogens with zero attached hydrogens (tertiary/aromatic N) is 4. The van der Waals surface area contributed by atoms with Crippen molar-refractivity contribution in [3.63, 3.8) is 0 Å². The number of carbonyl (C=O) groups is 1. The number of hydrogen-bond donors (Lipinski definition) is 1. The van der Waals surface area contributed by atoms with E-state index < -0.39 is 0 Å². The largest absolute Gasteiger partial charge is 0.351 e. The molecule has 5 rings (SSSR count). The maximum Gasteiger partial charge on any atom is 0.230 e. The van der Waals surface area contributed by atoms with Gasteiger partial charge in [0, 0.05) is 30.9 Å². The SMILES string of the molecule is O=C(CSc1nnc(-c2ccccc2F)n1-c1ccccc1)NC1CCN(C2CC2)C1. The van der Waals surface area contributed by atoms with Gasteiger partial charge in [-0.25, -0.2) is 4.39 Å². The number of para-hydroxylation sites is 1. The summed E-state index contributed by atoms with van der Waals surface area (Å²) in [5.41, 5.74) is 1.20. The zero-order chi connectivity index (χ0) is 21.2. The van der Waals surface area contributed by atoms with Crippen LogP contribution in [-0.4, -0.2) is 56.5 Å². The molecule has 0 radical (unpaired) electrons. The highest BCUT2D eigenvalue weighted by atomic mass is 32.2. The Labute approximate surface area is 184 Å². The first-order chi connectivity index (χ1) is 15.2. The summed E-state index contributed by atoms with van der Waals surface area (Å²) in [6.45, 7) is 2.01. The van der Waals surface area contributed by atoms with E-state index in [0.29, 0.717) is 16.5 Å². The summed E-state index contributed by atoms with van der Waals surface area (Å²) < 4.78 is 16.3. The minimum absolute atomic E-state index is 0.0114. The highest BCUT2D eigenvalue weighted by molar-refractivity contribution is 7.99. The number of carbonyl (C=O) groups excluding carboxylic acids is 1. The van der Waals surface area contributed by atoms with E-state index in [0.717, 1.165) is 31.2 Å². The van der Waals surface area contributed by atoms with Gasteiger partial charge < -0.3 is 5.32 Å². The van der Waals surface area contributed by atoms with Crippen molar-refractivity contribution in [2.45, 2.75) is 36.5 Å². The number of benzene rings is 2. The van der Waals surface area contributed by atoms with Crippen molar-refractivity contribution in [1.29, 1.82) is 0 Å². The lowest BCUT2D eigenvalue weighted by molar-refractivity contribution is -0.119. The number of hydrogen-bond acceptors (Lipinski definition) is 5. The Balaban J connectivity index is 1.32. The molecule has 0 spiro atoms. The second-order valence-corrected chi connectivity index (χ2v) is 8.97. The maximum absolute atomic E-state index is 14.5. The van der Waals surface area contributed by atoms with Crippen LogP contribution >= 0.6 is 11.8 Å². The summed E-state index contributed by atoms with van der Waals surface area (Å²) in [7, 11) is 0. The third-order valence-corrected chi connectivity index (χ3v) is 6.67. The molecule has 1 atom stereocenters. The summed E-state index contributed by atoms with van der Waals surface area (Å²) in [4.78, 5) is 15.1. The Hall–Kier alpha value is -2.71. The molecule has 2 aliphatic rings. The van der Waals surface area contributed by atoms with E-state index in [9.17, 15) is 9.18 Å². The molecule has 1 N–H and O–H groups in total. The van der Waals surface area contributed by atoms with Gasteiger partial charge in [-0.1, -0.05) is 42.1 Å². The first-order valence-electron chi connectivity index (χ1n) is 10.6. The lowest BCUT2D eigenvalue weighted by Gasteiger charge is -2.15. The molecule has 2 fully saturated rings. The fourth-order valence-electron chi connectivity index (χ4n) is 4.07. The standard InChI is InChI=1S/C23H24FN5OS/c24-20-9-5-4-8-19(20)22-26-27-23(29(22)18-6-2-1-3-7-18)31-15-21(30)25-16-12-13-28(14-16)17-10-11-17/h1-9,16-17H,10-15H2,(H,25,30). The summed E-state index contributed by atoms with van der Waals surface area (Å²) in [6, 6.07) is 17.0. The third-order valence-electron chi connectivity index (χ3n) is 5.74. The predicted octanol–water partition coefficient (Wildman–Crippen LogP) is 3.52. The number of rotatable bonds is 7. The number of amides is 1. The third kappa shape index (κ3) is 4.50. The summed E-state index contributed by atoms with van der Waals surface area (Å²) in [5, 5.41) is 12.2. The molecule has 1 amide bonds. The van der Waals surface area contributed by atoms with Crippen LogP contribution in [-0.2, 0) is 4.79 Å². The van der Waals surface area contributed by atoms with Crippen molar-refractivity contribution in [3.05, 3.63) is 60.4 Å². The van der Waals surface area contributed by atoms with Crippen LogP contribution in [0.25, 0.3) is 17.1 Å². The number of aromatic nitrogens is 3. The topological polar surface area (TPSA) is 63.1 Å². The fourth-order valence-corrected chi connectivity index (χ4v) is 4.83. The molecule has 160 valence electrons. The van der Waals surface area contributed by atoms with Crippen LogP contribution in [0.1, 0.15) is 19.3 Å². The van der Waals surface area contributed by atoms with Crippen LogP contribution in [0.2, 0.25) is 0 Å². The number of halogens is 1. The lowest BCUT2D eigenvalue weighted by Crippen LogP contribution is -2.38. The number of thioether (sulfide) groups is 1. The number of nitrogens with one attached hydrogen (secondary N) is 1. The van der Waals surface area contributed by atoms with E-state index in [1.54, 1.807) is 22.8 Å². The first-order valence-corrected chi connectivity index (χ1v) is 11.6.